The largest absolute Gasteiger partial charge is 0.506 e. The maximum atomic E-state index is 9.20. The monoisotopic (exact) mass is 190 g/mol. The maximum absolute atomic E-state index is 9.20. The molecule has 0 heterocycles. The van der Waals surface area contributed by atoms with E-state index in [-0.39, 0.29) is 5.75 Å². The van der Waals surface area contributed by atoms with Gasteiger partial charge >= 0.3 is 0 Å². The summed E-state index contributed by atoms with van der Waals surface area (Å²) >= 11 is 11.4. The molecule has 0 amide bonds. The Bertz CT molecular complexity index is 271. The predicted molar refractivity (Wildman–Crippen MR) is 47.5 cm³/mol. The van der Waals surface area contributed by atoms with Gasteiger partial charge in [0.2, 0.25) is 0 Å². The molecule has 0 fully saturated rings. The van der Waals surface area contributed by atoms with E-state index in [0.29, 0.717) is 10.0 Å². The molecule has 0 saturated carbocycles. The third-order valence-corrected chi connectivity index (χ3v) is 2.13. The Morgan fingerprint density at radius 1 is 1.36 bits per heavy atom. The Hall–Kier alpha value is -0.400. The van der Waals surface area contributed by atoms with Gasteiger partial charge in [0.15, 0.2) is 0 Å². The molecule has 11 heavy (non-hydrogen) atoms. The molecule has 0 atom stereocenters. The second kappa shape index (κ2) is 3.33. The lowest BCUT2D eigenvalue weighted by Crippen LogP contribution is -1.82. The van der Waals surface area contributed by atoms with Crippen LogP contribution in [0.1, 0.15) is 12.5 Å². The van der Waals surface area contributed by atoms with E-state index in [4.69, 9.17) is 23.2 Å². The number of aromatic hydroxyl groups is 1. The SMILES string of the molecule is CCc1cc(Cl)cc(O)c1Cl. The number of rotatable bonds is 1. The number of hydrogen-bond acceptors (Lipinski definition) is 1. The summed E-state index contributed by atoms with van der Waals surface area (Å²) in [7, 11) is 0. The quantitative estimate of drug-likeness (QED) is 0.722. The number of aryl methyl sites for hydroxylation is 1. The summed E-state index contributed by atoms with van der Waals surface area (Å²) in [6, 6.07) is 3.19. The first-order chi connectivity index (χ1) is 5.15. The molecule has 1 N–H and O–H groups in total. The standard InChI is InChI=1S/C8H8Cl2O/c1-2-5-3-6(9)4-7(11)8(5)10/h3-4,11H,2H2,1H3. The minimum Gasteiger partial charge on any atom is -0.506 e. The second-order valence-electron chi connectivity index (χ2n) is 2.25. The molecular formula is C8H8Cl2O. The number of benzene rings is 1. The molecule has 0 aliphatic rings. The Kier molecular flexibility index (Phi) is 2.63. The fourth-order valence-corrected chi connectivity index (χ4v) is 1.37. The summed E-state index contributed by atoms with van der Waals surface area (Å²) in [6.45, 7) is 1.96. The van der Waals surface area contributed by atoms with Crippen LogP contribution in [-0.4, -0.2) is 5.11 Å². The zero-order chi connectivity index (χ0) is 8.43. The molecule has 1 aromatic rings. The molecule has 0 unspecified atom stereocenters. The van der Waals surface area contributed by atoms with Gasteiger partial charge in [0.05, 0.1) is 5.02 Å². The molecule has 60 valence electrons. The number of hydrogen-bond donors (Lipinski definition) is 1. The van der Waals surface area contributed by atoms with E-state index in [1.165, 1.54) is 6.07 Å². The molecule has 1 aromatic carbocycles. The van der Waals surface area contributed by atoms with Crippen LogP contribution in [0.15, 0.2) is 12.1 Å². The molecule has 0 radical (unpaired) electrons. The highest BCUT2D eigenvalue weighted by Gasteiger charge is 2.04. The Labute approximate surface area is 75.6 Å². The van der Waals surface area contributed by atoms with Crippen molar-refractivity contribution >= 4 is 23.2 Å². The third-order valence-electron chi connectivity index (χ3n) is 1.47. The van der Waals surface area contributed by atoms with Crippen LogP contribution in [0.4, 0.5) is 0 Å². The lowest BCUT2D eigenvalue weighted by Gasteiger charge is -2.03. The van der Waals surface area contributed by atoms with Crippen molar-refractivity contribution in [1.29, 1.82) is 0 Å². The van der Waals surface area contributed by atoms with E-state index < -0.39 is 0 Å². The van der Waals surface area contributed by atoms with Gasteiger partial charge < -0.3 is 5.11 Å². The van der Waals surface area contributed by atoms with E-state index in [1.54, 1.807) is 6.07 Å². The van der Waals surface area contributed by atoms with Crippen LogP contribution in [0.5, 0.6) is 5.75 Å². The molecule has 0 aromatic heterocycles. The van der Waals surface area contributed by atoms with Gasteiger partial charge in [-0.3, -0.25) is 0 Å². The molecule has 0 aliphatic carbocycles. The smallest absolute Gasteiger partial charge is 0.135 e. The Morgan fingerprint density at radius 2 is 2.00 bits per heavy atom. The number of phenols is 1. The molecule has 1 rings (SSSR count). The van der Waals surface area contributed by atoms with Crippen LogP contribution in [-0.2, 0) is 6.42 Å². The molecule has 0 saturated heterocycles. The van der Waals surface area contributed by atoms with Crippen LogP contribution in [0, 0.1) is 0 Å². The van der Waals surface area contributed by atoms with E-state index in [9.17, 15) is 5.11 Å². The van der Waals surface area contributed by atoms with Crippen LogP contribution < -0.4 is 0 Å². The van der Waals surface area contributed by atoms with Gasteiger partial charge in [0.1, 0.15) is 5.75 Å². The fourth-order valence-electron chi connectivity index (χ4n) is 0.887. The van der Waals surface area contributed by atoms with Crippen molar-refractivity contribution in [3.05, 3.63) is 27.7 Å². The lowest BCUT2D eigenvalue weighted by molar-refractivity contribution is 0.475. The predicted octanol–water partition coefficient (Wildman–Crippen LogP) is 3.26. The van der Waals surface area contributed by atoms with Gasteiger partial charge in [-0.05, 0) is 18.1 Å². The van der Waals surface area contributed by atoms with Crippen molar-refractivity contribution in [1.82, 2.24) is 0 Å². The highest BCUT2D eigenvalue weighted by atomic mass is 35.5. The molecule has 0 aliphatic heterocycles. The molecule has 0 spiro atoms. The molecule has 1 nitrogen and oxygen atoms in total. The summed E-state index contributed by atoms with van der Waals surface area (Å²) in [5.41, 5.74) is 0.872. The minimum absolute atomic E-state index is 0.0519. The van der Waals surface area contributed by atoms with Crippen molar-refractivity contribution in [2.24, 2.45) is 0 Å². The van der Waals surface area contributed by atoms with Crippen LogP contribution in [0.3, 0.4) is 0 Å². The van der Waals surface area contributed by atoms with E-state index in [2.05, 4.69) is 0 Å². The van der Waals surface area contributed by atoms with Crippen molar-refractivity contribution in [2.45, 2.75) is 13.3 Å². The number of phenolic OH excluding ortho intramolecular Hbond substituents is 1. The molecule has 0 bridgehead atoms. The first-order valence-electron chi connectivity index (χ1n) is 3.32. The van der Waals surface area contributed by atoms with Gasteiger partial charge in [0, 0.05) is 11.1 Å². The Morgan fingerprint density at radius 3 is 2.55 bits per heavy atom. The lowest BCUT2D eigenvalue weighted by atomic mass is 10.1. The van der Waals surface area contributed by atoms with Gasteiger partial charge in [-0.1, -0.05) is 30.1 Å². The first-order valence-corrected chi connectivity index (χ1v) is 4.07. The van der Waals surface area contributed by atoms with E-state index in [0.717, 1.165) is 12.0 Å². The second-order valence-corrected chi connectivity index (χ2v) is 3.07. The zero-order valence-electron chi connectivity index (χ0n) is 6.06. The zero-order valence-corrected chi connectivity index (χ0v) is 7.58. The van der Waals surface area contributed by atoms with Crippen molar-refractivity contribution in [3.8, 4) is 5.75 Å². The molecule has 3 heteroatoms. The summed E-state index contributed by atoms with van der Waals surface area (Å²) in [6.07, 6.45) is 0.771. The summed E-state index contributed by atoms with van der Waals surface area (Å²) < 4.78 is 0. The van der Waals surface area contributed by atoms with Crippen LogP contribution in [0.2, 0.25) is 10.0 Å². The highest BCUT2D eigenvalue weighted by Crippen LogP contribution is 2.30. The maximum Gasteiger partial charge on any atom is 0.135 e. The fraction of sp³-hybridized carbons (Fsp3) is 0.250. The van der Waals surface area contributed by atoms with Crippen LogP contribution >= 0.6 is 23.2 Å². The van der Waals surface area contributed by atoms with Crippen LogP contribution in [0.25, 0.3) is 0 Å². The average Bonchev–Trinajstić information content (AvgIpc) is 1.96. The number of halogens is 2. The van der Waals surface area contributed by atoms with Gasteiger partial charge in [-0.25, -0.2) is 0 Å². The molecular weight excluding hydrogens is 183 g/mol. The third kappa shape index (κ3) is 1.79. The van der Waals surface area contributed by atoms with Crippen molar-refractivity contribution in [2.75, 3.05) is 0 Å². The first kappa shape index (κ1) is 8.69. The highest BCUT2D eigenvalue weighted by molar-refractivity contribution is 6.34. The van der Waals surface area contributed by atoms with Gasteiger partial charge in [-0.15, -0.1) is 0 Å². The summed E-state index contributed by atoms with van der Waals surface area (Å²) in [4.78, 5) is 0. The topological polar surface area (TPSA) is 20.2 Å². The van der Waals surface area contributed by atoms with Crippen molar-refractivity contribution in [3.63, 3.8) is 0 Å². The minimum atomic E-state index is 0.0519. The van der Waals surface area contributed by atoms with Gasteiger partial charge in [0.25, 0.3) is 0 Å². The van der Waals surface area contributed by atoms with Crippen molar-refractivity contribution < 1.29 is 5.11 Å². The average molecular weight is 191 g/mol. The normalized spacial score (nSPS) is 10.1. The Balaban J connectivity index is 3.24. The summed E-state index contributed by atoms with van der Waals surface area (Å²) in [5.74, 6) is 0.0519. The van der Waals surface area contributed by atoms with E-state index in [1.807, 2.05) is 6.92 Å². The van der Waals surface area contributed by atoms with Gasteiger partial charge in [-0.2, -0.15) is 0 Å². The summed E-state index contributed by atoms with van der Waals surface area (Å²) in [5, 5.41) is 10.1. The van der Waals surface area contributed by atoms with E-state index >= 15 is 0 Å².